The Labute approximate surface area is 188 Å². The van der Waals surface area contributed by atoms with Crippen molar-refractivity contribution < 1.29 is 28.7 Å². The SMILES string of the molecule is CC(=O)CCC(NC(=O)CNC(=O)CN(Cc1ccccc1C)C(C)=O)C(=O)OC(C)C. The lowest BCUT2D eigenvalue weighted by Gasteiger charge is -2.22. The number of benzene rings is 1. The Morgan fingerprint density at radius 1 is 1.03 bits per heavy atom. The average molecular weight is 448 g/mol. The first kappa shape index (κ1) is 26.8. The number of carbonyl (C=O) groups is 5. The van der Waals surface area contributed by atoms with Crippen LogP contribution in [0.5, 0.6) is 0 Å². The highest BCUT2D eigenvalue weighted by molar-refractivity contribution is 5.90. The Balaban J connectivity index is 2.62. The predicted octanol–water partition coefficient (Wildman–Crippen LogP) is 1.27. The van der Waals surface area contributed by atoms with Crippen LogP contribution in [0.15, 0.2) is 24.3 Å². The third kappa shape index (κ3) is 10.2. The largest absolute Gasteiger partial charge is 0.461 e. The molecule has 176 valence electrons. The van der Waals surface area contributed by atoms with Crippen LogP contribution in [-0.2, 0) is 35.3 Å². The second kappa shape index (κ2) is 13.2. The molecule has 32 heavy (non-hydrogen) atoms. The van der Waals surface area contributed by atoms with Crippen LogP contribution in [0.4, 0.5) is 0 Å². The van der Waals surface area contributed by atoms with Crippen molar-refractivity contribution in [2.24, 2.45) is 0 Å². The molecule has 0 aliphatic rings. The Kier molecular flexibility index (Phi) is 11.1. The normalized spacial score (nSPS) is 11.4. The van der Waals surface area contributed by atoms with Crippen LogP contribution in [-0.4, -0.2) is 59.6 Å². The Morgan fingerprint density at radius 3 is 2.25 bits per heavy atom. The Hall–Kier alpha value is -3.23. The number of nitrogens with one attached hydrogen (secondary N) is 2. The molecule has 0 aromatic heterocycles. The van der Waals surface area contributed by atoms with Gasteiger partial charge in [0.25, 0.3) is 0 Å². The van der Waals surface area contributed by atoms with Gasteiger partial charge in [-0.15, -0.1) is 0 Å². The lowest BCUT2D eigenvalue weighted by atomic mass is 10.1. The van der Waals surface area contributed by atoms with Crippen LogP contribution in [0.3, 0.4) is 0 Å². The van der Waals surface area contributed by atoms with Crippen molar-refractivity contribution in [3.05, 3.63) is 35.4 Å². The number of nitrogens with zero attached hydrogens (tertiary/aromatic N) is 1. The summed E-state index contributed by atoms with van der Waals surface area (Å²) in [5, 5.41) is 4.95. The van der Waals surface area contributed by atoms with Crippen LogP contribution < -0.4 is 10.6 Å². The lowest BCUT2D eigenvalue weighted by molar-refractivity contribution is -0.151. The van der Waals surface area contributed by atoms with E-state index >= 15 is 0 Å². The third-order valence-electron chi connectivity index (χ3n) is 4.61. The van der Waals surface area contributed by atoms with E-state index in [2.05, 4.69) is 10.6 Å². The zero-order chi connectivity index (χ0) is 24.3. The van der Waals surface area contributed by atoms with E-state index in [4.69, 9.17) is 4.74 Å². The van der Waals surface area contributed by atoms with Crippen LogP contribution in [0.1, 0.15) is 51.7 Å². The minimum atomic E-state index is -0.986. The fourth-order valence-corrected chi connectivity index (χ4v) is 2.84. The molecule has 0 aliphatic heterocycles. The zero-order valence-electron chi connectivity index (χ0n) is 19.4. The first-order valence-corrected chi connectivity index (χ1v) is 10.6. The summed E-state index contributed by atoms with van der Waals surface area (Å²) in [5.41, 5.74) is 1.92. The Bertz CT molecular complexity index is 837. The highest BCUT2D eigenvalue weighted by Gasteiger charge is 2.24. The number of hydrogen-bond acceptors (Lipinski definition) is 6. The number of carbonyl (C=O) groups excluding carboxylic acids is 5. The molecule has 1 atom stereocenters. The summed E-state index contributed by atoms with van der Waals surface area (Å²) in [5.74, 6) is -2.13. The molecule has 0 saturated carbocycles. The summed E-state index contributed by atoms with van der Waals surface area (Å²) in [6.45, 7) is 7.74. The molecule has 1 aromatic carbocycles. The summed E-state index contributed by atoms with van der Waals surface area (Å²) in [6.07, 6.45) is -0.156. The maximum atomic E-state index is 12.3. The summed E-state index contributed by atoms with van der Waals surface area (Å²) in [7, 11) is 0. The standard InChI is InChI=1S/C23H33N3O6/c1-15(2)32-23(31)20(11-10-17(4)27)25-21(29)12-24-22(30)14-26(18(5)28)13-19-9-7-6-8-16(19)3/h6-9,15,20H,10-14H2,1-5H3,(H,24,30)(H,25,29). The monoisotopic (exact) mass is 447 g/mol. The quantitative estimate of drug-likeness (QED) is 0.465. The fourth-order valence-electron chi connectivity index (χ4n) is 2.84. The van der Waals surface area contributed by atoms with E-state index < -0.39 is 23.8 Å². The van der Waals surface area contributed by atoms with Gasteiger partial charge in [-0.25, -0.2) is 4.79 Å². The van der Waals surface area contributed by atoms with Gasteiger partial charge in [0.2, 0.25) is 17.7 Å². The average Bonchev–Trinajstić information content (AvgIpc) is 2.69. The van der Waals surface area contributed by atoms with Crippen molar-refractivity contribution in [3.63, 3.8) is 0 Å². The van der Waals surface area contributed by atoms with Gasteiger partial charge in [-0.2, -0.15) is 0 Å². The van der Waals surface area contributed by atoms with Crippen molar-refractivity contribution in [2.45, 2.75) is 66.2 Å². The van der Waals surface area contributed by atoms with Gasteiger partial charge in [-0.3, -0.25) is 14.4 Å². The molecule has 1 aromatic rings. The predicted molar refractivity (Wildman–Crippen MR) is 118 cm³/mol. The van der Waals surface area contributed by atoms with E-state index in [0.29, 0.717) is 0 Å². The van der Waals surface area contributed by atoms with Gasteiger partial charge < -0.3 is 25.1 Å². The summed E-state index contributed by atoms with van der Waals surface area (Å²) in [6, 6.07) is 6.57. The van der Waals surface area contributed by atoms with E-state index in [9.17, 15) is 24.0 Å². The molecule has 0 radical (unpaired) electrons. The first-order chi connectivity index (χ1) is 15.0. The van der Waals surface area contributed by atoms with E-state index in [-0.39, 0.29) is 50.3 Å². The molecule has 0 fully saturated rings. The molecule has 0 bridgehead atoms. The molecule has 3 amide bonds. The van der Waals surface area contributed by atoms with Gasteiger partial charge in [0, 0.05) is 19.9 Å². The lowest BCUT2D eigenvalue weighted by Crippen LogP contribution is -2.48. The van der Waals surface area contributed by atoms with Crippen LogP contribution in [0.25, 0.3) is 0 Å². The Morgan fingerprint density at radius 2 is 1.69 bits per heavy atom. The smallest absolute Gasteiger partial charge is 0.328 e. The molecule has 9 heteroatoms. The van der Waals surface area contributed by atoms with Gasteiger partial charge in [0.15, 0.2) is 0 Å². The van der Waals surface area contributed by atoms with Crippen molar-refractivity contribution in [1.82, 2.24) is 15.5 Å². The molecular formula is C23H33N3O6. The molecule has 0 saturated heterocycles. The summed E-state index contributed by atoms with van der Waals surface area (Å²) in [4.78, 5) is 61.3. The summed E-state index contributed by atoms with van der Waals surface area (Å²) >= 11 is 0. The van der Waals surface area contributed by atoms with Crippen LogP contribution >= 0.6 is 0 Å². The maximum absolute atomic E-state index is 12.3. The molecule has 1 unspecified atom stereocenters. The number of ketones is 1. The van der Waals surface area contributed by atoms with Gasteiger partial charge in [0.1, 0.15) is 11.8 Å². The number of esters is 1. The van der Waals surface area contributed by atoms with E-state index in [1.165, 1.54) is 18.7 Å². The van der Waals surface area contributed by atoms with Crippen LogP contribution in [0.2, 0.25) is 0 Å². The van der Waals surface area contributed by atoms with Gasteiger partial charge in [-0.05, 0) is 45.2 Å². The molecule has 1 rings (SSSR count). The second-order valence-corrected chi connectivity index (χ2v) is 7.92. The van der Waals surface area contributed by atoms with Gasteiger partial charge in [-0.1, -0.05) is 24.3 Å². The topological polar surface area (TPSA) is 122 Å². The minimum Gasteiger partial charge on any atom is -0.461 e. The molecule has 9 nitrogen and oxygen atoms in total. The molecule has 2 N–H and O–H groups in total. The molecular weight excluding hydrogens is 414 g/mol. The van der Waals surface area contributed by atoms with E-state index in [0.717, 1.165) is 11.1 Å². The van der Waals surface area contributed by atoms with Gasteiger partial charge in [0.05, 0.1) is 19.2 Å². The number of amides is 3. The molecule has 0 heterocycles. The number of rotatable bonds is 12. The second-order valence-electron chi connectivity index (χ2n) is 7.92. The maximum Gasteiger partial charge on any atom is 0.328 e. The van der Waals surface area contributed by atoms with Crippen molar-refractivity contribution in [2.75, 3.05) is 13.1 Å². The van der Waals surface area contributed by atoms with Crippen molar-refractivity contribution in [1.29, 1.82) is 0 Å². The van der Waals surface area contributed by atoms with Crippen molar-refractivity contribution >= 4 is 29.5 Å². The fraction of sp³-hybridized carbons (Fsp3) is 0.522. The van der Waals surface area contributed by atoms with E-state index in [1.807, 2.05) is 31.2 Å². The van der Waals surface area contributed by atoms with E-state index in [1.54, 1.807) is 13.8 Å². The highest BCUT2D eigenvalue weighted by Crippen LogP contribution is 2.10. The van der Waals surface area contributed by atoms with Gasteiger partial charge >= 0.3 is 5.97 Å². The first-order valence-electron chi connectivity index (χ1n) is 10.6. The zero-order valence-corrected chi connectivity index (χ0v) is 19.4. The highest BCUT2D eigenvalue weighted by atomic mass is 16.5. The number of hydrogen-bond donors (Lipinski definition) is 2. The number of aryl methyl sites for hydroxylation is 1. The number of Topliss-reactive ketones (excluding diaryl/α,β-unsaturated/α-hetero) is 1. The number of ether oxygens (including phenoxy) is 1. The third-order valence-corrected chi connectivity index (χ3v) is 4.61. The minimum absolute atomic E-state index is 0.106. The van der Waals surface area contributed by atoms with Crippen molar-refractivity contribution in [3.8, 4) is 0 Å². The molecule has 0 spiro atoms. The van der Waals surface area contributed by atoms with Crippen LogP contribution in [0, 0.1) is 6.92 Å². The summed E-state index contributed by atoms with van der Waals surface area (Å²) < 4.78 is 5.12. The molecule has 0 aliphatic carbocycles.